The summed E-state index contributed by atoms with van der Waals surface area (Å²) in [5.41, 5.74) is 2.39. The number of ether oxygens (including phenoxy) is 2. The van der Waals surface area contributed by atoms with Crippen molar-refractivity contribution in [1.29, 1.82) is 0 Å². The second-order valence-electron chi connectivity index (χ2n) is 12.0. The SMILES string of the molecule is COc1ccc2c(c1)CCC1C2CCC2(C)C(=O)CC(CCCCCOC(=O)C(C)(C)C)C12. The number of carbonyl (C=O) groups excluding carboxylic acids is 2. The van der Waals surface area contributed by atoms with E-state index in [0.717, 1.165) is 57.1 Å². The highest BCUT2D eigenvalue weighted by Gasteiger charge is 2.58. The molecule has 0 amide bonds. The molecule has 0 saturated heterocycles. The number of hydrogen-bond acceptors (Lipinski definition) is 4. The second kappa shape index (κ2) is 9.43. The highest BCUT2D eigenvalue weighted by atomic mass is 16.5. The molecule has 0 bridgehead atoms. The number of carbonyl (C=O) groups is 2. The third-order valence-corrected chi connectivity index (χ3v) is 8.84. The van der Waals surface area contributed by atoms with E-state index in [4.69, 9.17) is 9.47 Å². The number of fused-ring (bicyclic) bond motifs is 5. The van der Waals surface area contributed by atoms with Crippen LogP contribution in [0, 0.1) is 28.6 Å². The molecular formula is C29H42O4. The minimum atomic E-state index is -0.435. The van der Waals surface area contributed by atoms with Gasteiger partial charge in [-0.15, -0.1) is 0 Å². The normalized spacial score (nSPS) is 30.9. The maximum atomic E-state index is 13.2. The standard InChI is InChI=1S/C29H42O4/c1-28(2,3)27(31)33-16-8-6-7-9-20-18-25(30)29(4)15-14-23-22-13-11-21(32-5)17-19(22)10-12-24(23)26(20)29/h11,13,17,20,23-24,26H,6-10,12,14-16,18H2,1-5H3. The Labute approximate surface area is 199 Å². The molecule has 3 aliphatic carbocycles. The topological polar surface area (TPSA) is 52.6 Å². The van der Waals surface area contributed by atoms with Gasteiger partial charge in [0.1, 0.15) is 11.5 Å². The Bertz CT molecular complexity index is 882. The number of ketones is 1. The summed E-state index contributed by atoms with van der Waals surface area (Å²) in [4.78, 5) is 25.1. The number of rotatable bonds is 7. The van der Waals surface area contributed by atoms with Crippen molar-refractivity contribution < 1.29 is 19.1 Å². The van der Waals surface area contributed by atoms with Crippen LogP contribution in [0.15, 0.2) is 18.2 Å². The molecule has 5 atom stereocenters. The number of benzene rings is 1. The zero-order valence-corrected chi connectivity index (χ0v) is 21.2. The van der Waals surface area contributed by atoms with Gasteiger partial charge in [-0.3, -0.25) is 9.59 Å². The van der Waals surface area contributed by atoms with E-state index in [0.29, 0.717) is 36.1 Å². The van der Waals surface area contributed by atoms with Crippen LogP contribution in [-0.2, 0) is 20.7 Å². The Kier molecular flexibility index (Phi) is 6.94. The fourth-order valence-corrected chi connectivity index (χ4v) is 7.08. The fourth-order valence-electron chi connectivity index (χ4n) is 7.08. The van der Waals surface area contributed by atoms with E-state index in [-0.39, 0.29) is 11.4 Å². The molecule has 4 heteroatoms. The molecular weight excluding hydrogens is 412 g/mol. The summed E-state index contributed by atoms with van der Waals surface area (Å²) in [5, 5.41) is 0. The quantitative estimate of drug-likeness (QED) is 0.349. The van der Waals surface area contributed by atoms with E-state index in [1.807, 2.05) is 20.8 Å². The van der Waals surface area contributed by atoms with Crippen molar-refractivity contribution in [3.05, 3.63) is 29.3 Å². The first-order valence-corrected chi connectivity index (χ1v) is 13.0. The molecule has 2 fully saturated rings. The van der Waals surface area contributed by atoms with E-state index >= 15 is 0 Å². The zero-order valence-electron chi connectivity index (χ0n) is 21.2. The predicted octanol–water partition coefficient (Wildman–Crippen LogP) is 6.50. The van der Waals surface area contributed by atoms with Crippen LogP contribution in [0.1, 0.15) is 96.1 Å². The summed E-state index contributed by atoms with van der Waals surface area (Å²) in [6, 6.07) is 6.63. The molecule has 0 aromatic heterocycles. The Balaban J connectivity index is 1.37. The summed E-state index contributed by atoms with van der Waals surface area (Å²) < 4.78 is 10.9. The van der Waals surface area contributed by atoms with E-state index in [1.165, 1.54) is 17.5 Å². The fraction of sp³-hybridized carbons (Fsp3) is 0.724. The number of unbranched alkanes of at least 4 members (excludes halogenated alkanes) is 2. The van der Waals surface area contributed by atoms with Gasteiger partial charge in [-0.25, -0.2) is 0 Å². The van der Waals surface area contributed by atoms with E-state index in [2.05, 4.69) is 25.1 Å². The van der Waals surface area contributed by atoms with E-state index in [1.54, 1.807) is 7.11 Å². The molecule has 1 aromatic rings. The monoisotopic (exact) mass is 454 g/mol. The van der Waals surface area contributed by atoms with Gasteiger partial charge >= 0.3 is 5.97 Å². The van der Waals surface area contributed by atoms with Crippen LogP contribution < -0.4 is 4.74 Å². The van der Waals surface area contributed by atoms with Gasteiger partial charge in [0.25, 0.3) is 0 Å². The van der Waals surface area contributed by atoms with Crippen LogP contribution in [-0.4, -0.2) is 25.5 Å². The molecule has 3 aliphatic rings. The van der Waals surface area contributed by atoms with Gasteiger partial charge in [0.2, 0.25) is 0 Å². The molecule has 4 rings (SSSR count). The smallest absolute Gasteiger partial charge is 0.311 e. The zero-order chi connectivity index (χ0) is 23.8. The Morgan fingerprint density at radius 3 is 2.67 bits per heavy atom. The summed E-state index contributed by atoms with van der Waals surface area (Å²) in [7, 11) is 1.74. The van der Waals surface area contributed by atoms with Crippen LogP contribution >= 0.6 is 0 Å². The molecule has 1 aromatic carbocycles. The highest BCUT2D eigenvalue weighted by Crippen LogP contribution is 2.62. The van der Waals surface area contributed by atoms with Crippen LogP contribution in [0.2, 0.25) is 0 Å². The maximum absolute atomic E-state index is 13.2. The van der Waals surface area contributed by atoms with Gasteiger partial charge in [0.15, 0.2) is 0 Å². The largest absolute Gasteiger partial charge is 0.497 e. The molecule has 0 aliphatic heterocycles. The van der Waals surface area contributed by atoms with Crippen molar-refractivity contribution in [1.82, 2.24) is 0 Å². The predicted molar refractivity (Wildman–Crippen MR) is 130 cm³/mol. The lowest BCUT2D eigenvalue weighted by molar-refractivity contribution is -0.153. The minimum Gasteiger partial charge on any atom is -0.497 e. The Morgan fingerprint density at radius 2 is 1.94 bits per heavy atom. The van der Waals surface area contributed by atoms with Crippen molar-refractivity contribution in [3.8, 4) is 5.75 Å². The molecule has 0 heterocycles. The van der Waals surface area contributed by atoms with Gasteiger partial charge in [0, 0.05) is 11.8 Å². The van der Waals surface area contributed by atoms with Gasteiger partial charge in [0.05, 0.1) is 19.1 Å². The van der Waals surface area contributed by atoms with Crippen molar-refractivity contribution >= 4 is 11.8 Å². The average molecular weight is 455 g/mol. The summed E-state index contributed by atoms with van der Waals surface area (Å²) in [6.45, 7) is 8.45. The van der Waals surface area contributed by atoms with Crippen molar-refractivity contribution in [2.45, 2.75) is 91.4 Å². The van der Waals surface area contributed by atoms with Gasteiger partial charge in [-0.2, -0.15) is 0 Å². The molecule has 0 N–H and O–H groups in total. The number of hydrogen-bond donors (Lipinski definition) is 0. The van der Waals surface area contributed by atoms with Crippen molar-refractivity contribution in [3.63, 3.8) is 0 Å². The molecule has 2 saturated carbocycles. The first kappa shape index (κ1) is 24.3. The number of methoxy groups -OCH3 is 1. The average Bonchev–Trinajstić information content (AvgIpc) is 3.04. The molecule has 0 radical (unpaired) electrons. The van der Waals surface area contributed by atoms with Crippen LogP contribution in [0.3, 0.4) is 0 Å². The lowest BCUT2D eigenvalue weighted by Gasteiger charge is -2.50. The minimum absolute atomic E-state index is 0.122. The lowest BCUT2D eigenvalue weighted by Crippen LogP contribution is -2.44. The maximum Gasteiger partial charge on any atom is 0.311 e. The van der Waals surface area contributed by atoms with E-state index < -0.39 is 5.41 Å². The van der Waals surface area contributed by atoms with Crippen LogP contribution in [0.5, 0.6) is 5.75 Å². The molecule has 5 unspecified atom stereocenters. The Morgan fingerprint density at radius 1 is 1.15 bits per heavy atom. The van der Waals surface area contributed by atoms with Gasteiger partial charge in [-0.05, 0) is 106 Å². The van der Waals surface area contributed by atoms with Crippen LogP contribution in [0.25, 0.3) is 0 Å². The number of esters is 1. The molecule has 182 valence electrons. The first-order chi connectivity index (χ1) is 15.6. The van der Waals surface area contributed by atoms with Gasteiger partial charge in [-0.1, -0.05) is 25.8 Å². The Hall–Kier alpha value is -1.84. The molecule has 33 heavy (non-hydrogen) atoms. The first-order valence-electron chi connectivity index (χ1n) is 13.0. The summed E-state index contributed by atoms with van der Waals surface area (Å²) in [5.74, 6) is 3.57. The molecule has 4 nitrogen and oxygen atoms in total. The van der Waals surface area contributed by atoms with Gasteiger partial charge < -0.3 is 9.47 Å². The number of aryl methyl sites for hydroxylation is 1. The highest BCUT2D eigenvalue weighted by molar-refractivity contribution is 5.87. The lowest BCUT2D eigenvalue weighted by atomic mass is 9.54. The van der Waals surface area contributed by atoms with Crippen molar-refractivity contribution in [2.75, 3.05) is 13.7 Å². The summed E-state index contributed by atoms with van der Waals surface area (Å²) in [6.07, 6.45) is 9.42. The van der Waals surface area contributed by atoms with E-state index in [9.17, 15) is 9.59 Å². The van der Waals surface area contributed by atoms with Crippen molar-refractivity contribution in [2.24, 2.45) is 28.6 Å². The summed E-state index contributed by atoms with van der Waals surface area (Å²) >= 11 is 0. The number of Topliss-reactive ketones (excluding diaryl/α,β-unsaturated/α-hetero) is 1. The second-order valence-corrected chi connectivity index (χ2v) is 12.0. The van der Waals surface area contributed by atoms with Crippen LogP contribution in [0.4, 0.5) is 0 Å². The third-order valence-electron chi connectivity index (χ3n) is 8.84. The third kappa shape index (κ3) is 4.72. The molecule has 0 spiro atoms.